The van der Waals surface area contributed by atoms with Gasteiger partial charge in [-0.15, -0.1) is 0 Å². The highest BCUT2D eigenvalue weighted by Gasteiger charge is 2.16. The summed E-state index contributed by atoms with van der Waals surface area (Å²) in [4.78, 5) is 0.619. The van der Waals surface area contributed by atoms with Gasteiger partial charge in [0.05, 0.1) is 5.69 Å². The van der Waals surface area contributed by atoms with Gasteiger partial charge in [-0.1, -0.05) is 11.2 Å². The molecule has 0 radical (unpaired) electrons. The Morgan fingerprint density at radius 2 is 1.89 bits per heavy atom. The van der Waals surface area contributed by atoms with Crippen molar-refractivity contribution < 1.29 is 8.73 Å². The largest absolute Gasteiger partial charge is 0.360 e. The summed E-state index contributed by atoms with van der Waals surface area (Å²) in [5.74, 6) is 0.585. The average Bonchev–Trinajstić information content (AvgIpc) is 2.64. The summed E-state index contributed by atoms with van der Waals surface area (Å²) in [6.07, 6.45) is 0. The molecule has 1 aromatic carbocycles. The van der Waals surface area contributed by atoms with E-state index in [0.717, 1.165) is 11.3 Å². The number of hydrogen-bond donors (Lipinski definition) is 1. The van der Waals surface area contributed by atoms with Gasteiger partial charge in [0.1, 0.15) is 4.90 Å². The van der Waals surface area contributed by atoms with Crippen molar-refractivity contribution in [2.75, 3.05) is 4.72 Å². The summed E-state index contributed by atoms with van der Waals surface area (Å²) in [5, 5.41) is 3.80. The van der Waals surface area contributed by atoms with Crippen molar-refractivity contribution in [2.45, 2.75) is 32.6 Å². The second-order valence-electron chi connectivity index (χ2n) is 4.32. The smallest absolute Gasteiger partial charge is 0.155 e. The van der Waals surface area contributed by atoms with Gasteiger partial charge in [-0.05, 0) is 51.0 Å². The van der Waals surface area contributed by atoms with Crippen LogP contribution >= 0.6 is 0 Å². The molecule has 0 saturated heterocycles. The molecule has 0 aliphatic heterocycles. The Balaban J connectivity index is 2.24. The number of nitrogens with zero attached hydrogens (tertiary/aromatic N) is 1. The maximum absolute atomic E-state index is 12.2. The van der Waals surface area contributed by atoms with E-state index in [1.165, 1.54) is 5.56 Å². The molecule has 1 atom stereocenters. The molecule has 0 bridgehead atoms. The van der Waals surface area contributed by atoms with Crippen LogP contribution in [0.5, 0.6) is 0 Å². The van der Waals surface area contributed by atoms with E-state index >= 15 is 0 Å². The lowest BCUT2D eigenvalue weighted by atomic mass is 10.1. The van der Waals surface area contributed by atoms with Crippen molar-refractivity contribution in [1.29, 1.82) is 0 Å². The molecule has 1 heterocycles. The van der Waals surface area contributed by atoms with Crippen LogP contribution in [-0.4, -0.2) is 9.37 Å². The lowest BCUT2D eigenvalue weighted by molar-refractivity contribution is 0.391. The number of nitrogens with one attached hydrogen (secondary N) is 1. The molecule has 0 amide bonds. The Hall–Kier alpha value is -1.62. The van der Waals surface area contributed by atoms with Crippen LogP contribution in [0.3, 0.4) is 0 Å². The van der Waals surface area contributed by atoms with Crippen molar-refractivity contribution in [3.8, 4) is 0 Å². The standard InChI is InChI=1S/C13H16N2O2S/c1-8-5-6-12(7-9(8)2)15-18(16)13-10(3)14-17-11(13)4/h5-7,15H,1-4H3. The molecule has 2 aromatic rings. The molecule has 0 saturated carbocycles. The predicted molar refractivity (Wildman–Crippen MR) is 71.9 cm³/mol. The summed E-state index contributed by atoms with van der Waals surface area (Å²) in [5.41, 5.74) is 3.86. The SMILES string of the molecule is Cc1ccc(NS(=O)c2c(C)noc2C)cc1C. The summed E-state index contributed by atoms with van der Waals surface area (Å²) < 4.78 is 20.2. The molecule has 0 spiro atoms. The second kappa shape index (κ2) is 4.94. The fourth-order valence-corrected chi connectivity index (χ4v) is 2.75. The lowest BCUT2D eigenvalue weighted by Crippen LogP contribution is -2.06. The summed E-state index contributed by atoms with van der Waals surface area (Å²) in [6.45, 7) is 7.62. The number of benzene rings is 1. The molecule has 18 heavy (non-hydrogen) atoms. The molecule has 0 aliphatic carbocycles. The molecule has 5 heteroatoms. The highest BCUT2D eigenvalue weighted by Crippen LogP contribution is 2.20. The predicted octanol–water partition coefficient (Wildman–Crippen LogP) is 3.04. The topological polar surface area (TPSA) is 55.1 Å². The first-order valence-corrected chi connectivity index (χ1v) is 6.82. The monoisotopic (exact) mass is 264 g/mol. The summed E-state index contributed by atoms with van der Waals surface area (Å²) in [7, 11) is -1.35. The third-order valence-corrected chi connectivity index (χ3v) is 4.25. The number of hydrogen-bond acceptors (Lipinski definition) is 3. The highest BCUT2D eigenvalue weighted by atomic mass is 32.2. The van der Waals surface area contributed by atoms with Crippen molar-refractivity contribution in [1.82, 2.24) is 5.16 Å². The van der Waals surface area contributed by atoms with E-state index in [9.17, 15) is 4.21 Å². The van der Waals surface area contributed by atoms with Gasteiger partial charge < -0.3 is 9.25 Å². The minimum Gasteiger partial charge on any atom is -0.360 e. The zero-order chi connectivity index (χ0) is 13.3. The first-order valence-electron chi connectivity index (χ1n) is 5.67. The molecule has 4 nitrogen and oxygen atoms in total. The molecule has 1 N–H and O–H groups in total. The van der Waals surface area contributed by atoms with Crippen LogP contribution in [0, 0.1) is 27.7 Å². The minimum atomic E-state index is -1.35. The van der Waals surface area contributed by atoms with E-state index in [1.54, 1.807) is 13.8 Å². The molecule has 0 aliphatic rings. The Labute approximate surface area is 109 Å². The van der Waals surface area contributed by atoms with Gasteiger partial charge >= 0.3 is 0 Å². The van der Waals surface area contributed by atoms with Crippen LogP contribution in [0.1, 0.15) is 22.6 Å². The van der Waals surface area contributed by atoms with Gasteiger partial charge in [0.15, 0.2) is 16.7 Å². The van der Waals surface area contributed by atoms with Crippen molar-refractivity contribution in [3.63, 3.8) is 0 Å². The van der Waals surface area contributed by atoms with Crippen molar-refractivity contribution >= 4 is 16.7 Å². The molecular weight excluding hydrogens is 248 g/mol. The molecule has 2 rings (SSSR count). The molecule has 96 valence electrons. The van der Waals surface area contributed by atoms with Crippen LogP contribution in [0.2, 0.25) is 0 Å². The first-order chi connectivity index (χ1) is 8.49. The fourth-order valence-electron chi connectivity index (χ4n) is 1.70. The van der Waals surface area contributed by atoms with E-state index in [2.05, 4.69) is 9.88 Å². The molecule has 1 unspecified atom stereocenters. The Kier molecular flexibility index (Phi) is 3.52. The van der Waals surface area contributed by atoms with Gasteiger partial charge in [0, 0.05) is 5.69 Å². The zero-order valence-electron chi connectivity index (χ0n) is 10.9. The normalized spacial score (nSPS) is 12.4. The minimum absolute atomic E-state index is 0.585. The van der Waals surface area contributed by atoms with Gasteiger partial charge in [-0.25, -0.2) is 4.21 Å². The number of rotatable bonds is 3. The number of aryl methyl sites for hydroxylation is 4. The van der Waals surface area contributed by atoms with Gasteiger partial charge in [-0.2, -0.15) is 0 Å². The highest BCUT2D eigenvalue weighted by molar-refractivity contribution is 7.86. The van der Waals surface area contributed by atoms with E-state index in [-0.39, 0.29) is 0 Å². The number of aromatic nitrogens is 1. The second-order valence-corrected chi connectivity index (χ2v) is 5.47. The van der Waals surface area contributed by atoms with Gasteiger partial charge in [0.2, 0.25) is 0 Å². The first kappa shape index (κ1) is 12.8. The molecule has 1 aromatic heterocycles. The van der Waals surface area contributed by atoms with Crippen molar-refractivity contribution in [3.05, 3.63) is 40.8 Å². The third kappa shape index (κ3) is 2.46. The van der Waals surface area contributed by atoms with Gasteiger partial charge in [-0.3, -0.25) is 0 Å². The Morgan fingerprint density at radius 1 is 1.17 bits per heavy atom. The fraction of sp³-hybridized carbons (Fsp3) is 0.308. The maximum Gasteiger partial charge on any atom is 0.155 e. The quantitative estimate of drug-likeness (QED) is 0.927. The summed E-state index contributed by atoms with van der Waals surface area (Å²) in [6, 6.07) is 5.89. The average molecular weight is 264 g/mol. The lowest BCUT2D eigenvalue weighted by Gasteiger charge is -2.07. The maximum atomic E-state index is 12.2. The van der Waals surface area contributed by atoms with E-state index in [0.29, 0.717) is 16.3 Å². The Morgan fingerprint density at radius 3 is 2.44 bits per heavy atom. The van der Waals surface area contributed by atoms with E-state index < -0.39 is 11.0 Å². The Bertz CT molecular complexity index is 586. The van der Waals surface area contributed by atoms with Crippen LogP contribution in [0.15, 0.2) is 27.6 Å². The van der Waals surface area contributed by atoms with E-state index in [1.807, 2.05) is 32.0 Å². The van der Waals surface area contributed by atoms with E-state index in [4.69, 9.17) is 4.52 Å². The van der Waals surface area contributed by atoms with Crippen LogP contribution < -0.4 is 4.72 Å². The molecule has 0 fully saturated rings. The summed E-state index contributed by atoms with van der Waals surface area (Å²) >= 11 is 0. The van der Waals surface area contributed by atoms with Crippen LogP contribution in [0.4, 0.5) is 5.69 Å². The van der Waals surface area contributed by atoms with Crippen LogP contribution in [0.25, 0.3) is 0 Å². The van der Waals surface area contributed by atoms with Crippen molar-refractivity contribution in [2.24, 2.45) is 0 Å². The van der Waals surface area contributed by atoms with Crippen LogP contribution in [-0.2, 0) is 11.0 Å². The van der Waals surface area contributed by atoms with Gasteiger partial charge in [0.25, 0.3) is 0 Å². The zero-order valence-corrected chi connectivity index (χ0v) is 11.7. The number of anilines is 1. The third-order valence-electron chi connectivity index (χ3n) is 2.87. The molecular formula is C13H16N2O2S.